The summed E-state index contributed by atoms with van der Waals surface area (Å²) in [6.07, 6.45) is 7.63. The van der Waals surface area contributed by atoms with Crippen LogP contribution in [0.2, 0.25) is 5.02 Å². The standard InChI is InChI=1S/C41H38BrClN4O2/c1-4-6-14-46-36-16-25(3)8-11-30(36)32-21-41(49)27(18-37(32)46)24-45-35-19-28(42)9-13-34(35)44-23-26-17-38-33(22-40(26)48)31-12-10-29(43)20-39(31)47(38)15-7-5-2/h8-13,16-24,48-49H,4-7,14-15H2,1-3H3. The Kier molecular flexibility index (Phi) is 9.23. The van der Waals surface area contributed by atoms with Crippen LogP contribution in [-0.2, 0) is 13.1 Å². The maximum Gasteiger partial charge on any atom is 0.125 e. The first kappa shape index (κ1) is 32.9. The Morgan fingerprint density at radius 3 is 1.76 bits per heavy atom. The van der Waals surface area contributed by atoms with Crippen LogP contribution >= 0.6 is 27.5 Å². The number of aryl methyl sites for hydroxylation is 3. The maximum absolute atomic E-state index is 11.1. The predicted molar refractivity (Wildman–Crippen MR) is 210 cm³/mol. The lowest BCUT2D eigenvalue weighted by atomic mass is 10.1. The van der Waals surface area contributed by atoms with Crippen molar-refractivity contribution in [1.82, 2.24) is 9.13 Å². The van der Waals surface area contributed by atoms with Gasteiger partial charge in [-0.2, -0.15) is 0 Å². The molecule has 5 aromatic carbocycles. The summed E-state index contributed by atoms with van der Waals surface area (Å²) in [6.45, 7) is 8.23. The van der Waals surface area contributed by atoms with Crippen molar-refractivity contribution >= 4 is 94.9 Å². The Morgan fingerprint density at radius 1 is 0.633 bits per heavy atom. The molecule has 2 aromatic heterocycles. The van der Waals surface area contributed by atoms with Crippen molar-refractivity contribution in [1.29, 1.82) is 0 Å². The van der Waals surface area contributed by atoms with Crippen LogP contribution < -0.4 is 0 Å². The Balaban J connectivity index is 1.27. The summed E-state index contributed by atoms with van der Waals surface area (Å²) in [5.41, 5.74) is 8.02. The number of rotatable bonds is 10. The number of aliphatic imine (C=N–C) groups is 2. The van der Waals surface area contributed by atoms with Gasteiger partial charge >= 0.3 is 0 Å². The van der Waals surface area contributed by atoms with Crippen LogP contribution in [0.4, 0.5) is 11.4 Å². The van der Waals surface area contributed by atoms with Gasteiger partial charge in [0, 0.05) is 73.2 Å². The molecule has 2 heterocycles. The number of halogens is 2. The van der Waals surface area contributed by atoms with Gasteiger partial charge in [0.2, 0.25) is 0 Å². The zero-order chi connectivity index (χ0) is 34.2. The molecular weight excluding hydrogens is 696 g/mol. The lowest BCUT2D eigenvalue weighted by molar-refractivity contribution is 0.474. The monoisotopic (exact) mass is 732 g/mol. The van der Waals surface area contributed by atoms with E-state index < -0.39 is 0 Å². The molecule has 0 amide bonds. The molecule has 0 bridgehead atoms. The normalized spacial score (nSPS) is 12.3. The summed E-state index contributed by atoms with van der Waals surface area (Å²) in [4.78, 5) is 9.62. The van der Waals surface area contributed by atoms with Gasteiger partial charge in [-0.3, -0.25) is 9.98 Å². The highest BCUT2D eigenvalue weighted by atomic mass is 79.9. The molecule has 7 aromatic rings. The van der Waals surface area contributed by atoms with Crippen LogP contribution in [0.1, 0.15) is 56.2 Å². The summed E-state index contributed by atoms with van der Waals surface area (Å²) < 4.78 is 5.49. The number of hydrogen-bond donors (Lipinski definition) is 2. The molecule has 8 heteroatoms. The van der Waals surface area contributed by atoms with E-state index in [-0.39, 0.29) is 11.5 Å². The topological polar surface area (TPSA) is 75.0 Å². The number of nitrogens with zero attached hydrogens (tertiary/aromatic N) is 4. The van der Waals surface area contributed by atoms with E-state index in [1.165, 1.54) is 11.1 Å². The number of hydrogen-bond acceptors (Lipinski definition) is 4. The Hall–Kier alpha value is -4.59. The maximum atomic E-state index is 11.1. The van der Waals surface area contributed by atoms with Gasteiger partial charge in [-0.1, -0.05) is 72.4 Å². The molecule has 0 radical (unpaired) electrons. The smallest absolute Gasteiger partial charge is 0.125 e. The van der Waals surface area contributed by atoms with Gasteiger partial charge in [-0.05, 0) is 86.0 Å². The van der Waals surface area contributed by atoms with E-state index >= 15 is 0 Å². The number of benzene rings is 5. The zero-order valence-electron chi connectivity index (χ0n) is 27.8. The molecule has 248 valence electrons. The van der Waals surface area contributed by atoms with Crippen LogP contribution in [0, 0.1) is 6.92 Å². The third-order valence-electron chi connectivity index (χ3n) is 9.24. The van der Waals surface area contributed by atoms with E-state index in [1.54, 1.807) is 12.4 Å². The number of aromatic hydroxyl groups is 2. The molecule has 7 rings (SSSR count). The van der Waals surface area contributed by atoms with E-state index in [0.29, 0.717) is 27.5 Å². The van der Waals surface area contributed by atoms with Crippen LogP contribution in [0.25, 0.3) is 43.6 Å². The Labute approximate surface area is 299 Å². The minimum Gasteiger partial charge on any atom is -0.507 e. The second kappa shape index (κ2) is 13.7. The third-order valence-corrected chi connectivity index (χ3v) is 9.97. The first-order chi connectivity index (χ1) is 23.7. The molecule has 0 unspecified atom stereocenters. The highest BCUT2D eigenvalue weighted by Gasteiger charge is 2.16. The molecule has 0 atom stereocenters. The molecule has 0 fully saturated rings. The first-order valence-corrected chi connectivity index (χ1v) is 18.0. The number of aromatic nitrogens is 2. The summed E-state index contributed by atoms with van der Waals surface area (Å²) in [7, 11) is 0. The lowest BCUT2D eigenvalue weighted by Gasteiger charge is -2.08. The summed E-state index contributed by atoms with van der Waals surface area (Å²) in [5.74, 6) is 0.319. The van der Waals surface area contributed by atoms with Crippen LogP contribution in [-0.4, -0.2) is 31.8 Å². The van der Waals surface area contributed by atoms with Crippen molar-refractivity contribution in [2.24, 2.45) is 9.98 Å². The van der Waals surface area contributed by atoms with E-state index in [2.05, 4.69) is 64.0 Å². The number of fused-ring (bicyclic) bond motifs is 6. The fourth-order valence-corrected chi connectivity index (χ4v) is 7.20. The molecule has 0 saturated heterocycles. The van der Waals surface area contributed by atoms with Gasteiger partial charge in [0.05, 0.1) is 27.9 Å². The average Bonchev–Trinajstić information content (AvgIpc) is 3.53. The number of phenols is 2. The summed E-state index contributed by atoms with van der Waals surface area (Å²) in [6, 6.07) is 25.8. The number of unbranched alkanes of at least 4 members (excludes halogenated alkanes) is 2. The van der Waals surface area contributed by atoms with Gasteiger partial charge in [0.1, 0.15) is 11.5 Å². The minimum atomic E-state index is 0.148. The summed E-state index contributed by atoms with van der Waals surface area (Å²) in [5, 5.41) is 27.1. The summed E-state index contributed by atoms with van der Waals surface area (Å²) >= 11 is 9.97. The zero-order valence-corrected chi connectivity index (χ0v) is 30.2. The van der Waals surface area contributed by atoms with Gasteiger partial charge < -0.3 is 19.3 Å². The fraction of sp³-hybridized carbons (Fsp3) is 0.220. The van der Waals surface area contributed by atoms with Gasteiger partial charge in [0.25, 0.3) is 0 Å². The van der Waals surface area contributed by atoms with Crippen molar-refractivity contribution in [3.63, 3.8) is 0 Å². The van der Waals surface area contributed by atoms with E-state index in [1.807, 2.05) is 60.7 Å². The van der Waals surface area contributed by atoms with Gasteiger partial charge in [0.15, 0.2) is 0 Å². The molecule has 6 nitrogen and oxygen atoms in total. The molecule has 0 saturated carbocycles. The quantitative estimate of drug-likeness (QED) is 0.137. The largest absolute Gasteiger partial charge is 0.507 e. The molecule has 0 aliphatic carbocycles. The first-order valence-electron chi connectivity index (χ1n) is 16.8. The molecule has 0 spiro atoms. The molecule has 0 aliphatic heterocycles. The van der Waals surface area contributed by atoms with Crippen molar-refractivity contribution in [2.75, 3.05) is 0 Å². The van der Waals surface area contributed by atoms with Gasteiger partial charge in [-0.15, -0.1) is 0 Å². The molecular formula is C41H38BrClN4O2. The Morgan fingerprint density at radius 2 is 1.16 bits per heavy atom. The van der Waals surface area contributed by atoms with E-state index in [0.717, 1.165) is 81.3 Å². The number of phenolic OH excluding ortho intramolecular Hbond substituents is 2. The van der Waals surface area contributed by atoms with Crippen LogP contribution in [0.5, 0.6) is 11.5 Å². The van der Waals surface area contributed by atoms with Crippen molar-refractivity contribution in [3.05, 3.63) is 105 Å². The van der Waals surface area contributed by atoms with Crippen LogP contribution in [0.15, 0.2) is 93.3 Å². The highest BCUT2D eigenvalue weighted by molar-refractivity contribution is 9.10. The third kappa shape index (κ3) is 6.33. The van der Waals surface area contributed by atoms with Crippen molar-refractivity contribution < 1.29 is 10.2 Å². The highest BCUT2D eigenvalue weighted by Crippen LogP contribution is 2.38. The minimum absolute atomic E-state index is 0.148. The Bertz CT molecular complexity index is 2440. The van der Waals surface area contributed by atoms with E-state index in [9.17, 15) is 10.2 Å². The molecule has 0 aliphatic rings. The van der Waals surface area contributed by atoms with E-state index in [4.69, 9.17) is 21.6 Å². The van der Waals surface area contributed by atoms with Crippen LogP contribution in [0.3, 0.4) is 0 Å². The SMILES string of the molecule is CCCCn1c2cc(C)ccc2c2cc(O)c(C=Nc3cc(Br)ccc3N=Cc3cc4c(cc3O)c3ccc(Cl)cc3n4CCCC)cc21. The van der Waals surface area contributed by atoms with Crippen molar-refractivity contribution in [2.45, 2.75) is 59.5 Å². The molecule has 49 heavy (non-hydrogen) atoms. The van der Waals surface area contributed by atoms with Gasteiger partial charge in [-0.25, -0.2) is 0 Å². The second-order valence-corrected chi connectivity index (χ2v) is 14.1. The second-order valence-electron chi connectivity index (χ2n) is 12.7. The predicted octanol–water partition coefficient (Wildman–Crippen LogP) is 12.1. The lowest BCUT2D eigenvalue weighted by Crippen LogP contribution is -1.98. The average molecular weight is 734 g/mol. The molecule has 2 N–H and O–H groups in total. The van der Waals surface area contributed by atoms with Crippen molar-refractivity contribution in [3.8, 4) is 11.5 Å². The fourth-order valence-electron chi connectivity index (χ4n) is 6.68.